The molecule has 1 amide bonds. The van der Waals surface area contributed by atoms with Gasteiger partial charge in [-0.05, 0) is 37.1 Å². The van der Waals surface area contributed by atoms with Gasteiger partial charge in [0.05, 0.1) is 10.6 Å². The number of hydrogen-bond donors (Lipinski definition) is 3. The van der Waals surface area contributed by atoms with Crippen LogP contribution in [-0.2, 0) is 14.8 Å². The largest absolute Gasteiger partial charge is 0.432 e. The molecule has 2 aromatic heterocycles. The summed E-state index contributed by atoms with van der Waals surface area (Å²) in [7, 11) is -3.89. The van der Waals surface area contributed by atoms with Gasteiger partial charge in [0.2, 0.25) is 0 Å². The molecule has 0 radical (unpaired) electrons. The second-order valence-electron chi connectivity index (χ2n) is 5.64. The number of pyridine rings is 1. The first-order valence-corrected chi connectivity index (χ1v) is 9.92. The van der Waals surface area contributed by atoms with Crippen LogP contribution in [0.5, 0.6) is 0 Å². The summed E-state index contributed by atoms with van der Waals surface area (Å²) in [6.45, 7) is 0. The van der Waals surface area contributed by atoms with E-state index < -0.39 is 21.8 Å². The summed E-state index contributed by atoms with van der Waals surface area (Å²) in [6.07, 6.45) is 2.66. The minimum Gasteiger partial charge on any atom is -0.425 e. The number of thiophene rings is 1. The molecule has 0 saturated heterocycles. The normalized spacial score (nSPS) is 16.5. The lowest BCUT2D eigenvalue weighted by Gasteiger charge is -2.28. The van der Waals surface area contributed by atoms with Gasteiger partial charge in [0.25, 0.3) is 10.0 Å². The van der Waals surface area contributed by atoms with Crippen molar-refractivity contribution in [2.24, 2.45) is 0 Å². The molecule has 8 nitrogen and oxygen atoms in total. The van der Waals surface area contributed by atoms with Crippen molar-refractivity contribution in [1.29, 1.82) is 0 Å². The molecule has 0 spiro atoms. The highest BCUT2D eigenvalue weighted by Gasteiger charge is 2.42. The highest BCUT2D eigenvalue weighted by atomic mass is 32.2. The van der Waals surface area contributed by atoms with Crippen molar-refractivity contribution in [2.45, 2.75) is 35.6 Å². The molecular formula is C15H17N3O5S2. The molecule has 2 aromatic rings. The van der Waals surface area contributed by atoms with Gasteiger partial charge < -0.3 is 4.74 Å². The van der Waals surface area contributed by atoms with Crippen molar-refractivity contribution in [2.75, 3.05) is 0 Å². The molecule has 2 heterocycles. The minimum absolute atomic E-state index is 0.104. The molecule has 1 fully saturated rings. The minimum atomic E-state index is -3.89. The fourth-order valence-corrected chi connectivity index (χ4v) is 5.41. The zero-order valence-corrected chi connectivity index (χ0v) is 14.8. The summed E-state index contributed by atoms with van der Waals surface area (Å²) in [5.74, 6) is 0. The van der Waals surface area contributed by atoms with E-state index in [1.165, 1.54) is 11.5 Å². The summed E-state index contributed by atoms with van der Waals surface area (Å²) >= 11 is 1.08. The number of amides is 1. The first-order chi connectivity index (χ1) is 11.9. The van der Waals surface area contributed by atoms with Crippen LogP contribution in [-0.4, -0.2) is 30.4 Å². The number of aromatic nitrogens is 1. The van der Waals surface area contributed by atoms with Crippen LogP contribution in [0.2, 0.25) is 0 Å². The van der Waals surface area contributed by atoms with Gasteiger partial charge in [-0.15, -0.1) is 11.3 Å². The van der Waals surface area contributed by atoms with Crippen LogP contribution in [0.4, 0.5) is 4.79 Å². The molecule has 0 atom stereocenters. The summed E-state index contributed by atoms with van der Waals surface area (Å²) in [4.78, 5) is 16.3. The number of sulfonamides is 1. The first kappa shape index (κ1) is 17.8. The Morgan fingerprint density at radius 2 is 2.00 bits per heavy atom. The molecule has 3 rings (SSSR count). The second-order valence-corrected chi connectivity index (χ2v) is 8.63. The van der Waals surface area contributed by atoms with Gasteiger partial charge in [0, 0.05) is 19.0 Å². The first-order valence-electron chi connectivity index (χ1n) is 7.62. The zero-order valence-electron chi connectivity index (χ0n) is 13.1. The SMILES string of the molecule is O=C(NO)OC1(NS(=O)(=O)c2ccc(-c3ccccn3)s2)CCCC1. The van der Waals surface area contributed by atoms with Gasteiger partial charge in [-0.1, -0.05) is 6.07 Å². The number of ether oxygens (including phenoxy) is 1. The maximum absolute atomic E-state index is 12.7. The average molecular weight is 383 g/mol. The Kier molecular flexibility index (Phi) is 5.04. The Hall–Kier alpha value is -2.01. The van der Waals surface area contributed by atoms with Crippen LogP contribution in [0, 0.1) is 0 Å². The van der Waals surface area contributed by atoms with Crippen molar-refractivity contribution >= 4 is 27.5 Å². The van der Waals surface area contributed by atoms with Crippen LogP contribution in [0.3, 0.4) is 0 Å². The molecule has 0 unspecified atom stereocenters. The van der Waals surface area contributed by atoms with Gasteiger partial charge in [0.1, 0.15) is 4.21 Å². The van der Waals surface area contributed by atoms with Gasteiger partial charge in [0.15, 0.2) is 5.72 Å². The number of carbonyl (C=O) groups excluding carboxylic acids is 1. The third-order valence-corrected chi connectivity index (χ3v) is 6.99. The highest BCUT2D eigenvalue weighted by molar-refractivity contribution is 7.91. The Morgan fingerprint density at radius 1 is 1.24 bits per heavy atom. The molecule has 1 aliphatic rings. The smallest absolute Gasteiger partial charge is 0.425 e. The quantitative estimate of drug-likeness (QED) is 0.415. The fourth-order valence-electron chi connectivity index (χ4n) is 2.78. The van der Waals surface area contributed by atoms with E-state index in [0.717, 1.165) is 16.2 Å². The predicted molar refractivity (Wildman–Crippen MR) is 90.5 cm³/mol. The lowest BCUT2D eigenvalue weighted by molar-refractivity contribution is -0.0130. The third kappa shape index (κ3) is 3.98. The molecule has 0 aromatic carbocycles. The van der Waals surface area contributed by atoms with Gasteiger partial charge in [-0.3, -0.25) is 10.2 Å². The standard InChI is InChI=1S/C15H17N3O5S2/c19-14(17-20)23-15(8-2-3-9-15)18-25(21,22)13-7-6-12(24-13)11-5-1-4-10-16-11/h1,4-7,10,18,20H,2-3,8-9H2,(H,17,19). The molecule has 3 N–H and O–H groups in total. The molecule has 10 heteroatoms. The predicted octanol–water partition coefficient (Wildman–Crippen LogP) is 2.47. The zero-order chi connectivity index (χ0) is 17.9. The van der Waals surface area contributed by atoms with Crippen molar-refractivity contribution in [3.05, 3.63) is 36.5 Å². The van der Waals surface area contributed by atoms with Crippen molar-refractivity contribution < 1.29 is 23.2 Å². The molecule has 25 heavy (non-hydrogen) atoms. The van der Waals surface area contributed by atoms with Crippen LogP contribution in [0.25, 0.3) is 10.6 Å². The maximum atomic E-state index is 12.7. The summed E-state index contributed by atoms with van der Waals surface area (Å²) < 4.78 is 33.1. The van der Waals surface area contributed by atoms with Crippen LogP contribution in [0.1, 0.15) is 25.7 Å². The Balaban J connectivity index is 1.84. The number of nitrogens with one attached hydrogen (secondary N) is 2. The van der Waals surface area contributed by atoms with Gasteiger partial charge >= 0.3 is 6.09 Å². The third-order valence-electron chi connectivity index (χ3n) is 3.87. The Morgan fingerprint density at radius 3 is 2.64 bits per heavy atom. The molecule has 1 saturated carbocycles. The number of hydroxylamine groups is 1. The van der Waals surface area contributed by atoms with E-state index in [1.54, 1.807) is 24.4 Å². The monoisotopic (exact) mass is 383 g/mol. The topological polar surface area (TPSA) is 118 Å². The van der Waals surface area contributed by atoms with Crippen molar-refractivity contribution in [1.82, 2.24) is 15.2 Å². The van der Waals surface area contributed by atoms with Crippen molar-refractivity contribution in [3.63, 3.8) is 0 Å². The van der Waals surface area contributed by atoms with E-state index in [1.807, 2.05) is 6.07 Å². The summed E-state index contributed by atoms with van der Waals surface area (Å²) in [5.41, 5.74) is 0.701. The van der Waals surface area contributed by atoms with Crippen LogP contribution >= 0.6 is 11.3 Å². The maximum Gasteiger partial charge on any atom is 0.432 e. The highest BCUT2D eigenvalue weighted by Crippen LogP contribution is 2.35. The van der Waals surface area contributed by atoms with E-state index in [-0.39, 0.29) is 4.21 Å². The second kappa shape index (κ2) is 7.08. The van der Waals surface area contributed by atoms with E-state index in [4.69, 9.17) is 9.94 Å². The van der Waals surface area contributed by atoms with E-state index in [9.17, 15) is 13.2 Å². The van der Waals surface area contributed by atoms with Gasteiger partial charge in [-0.25, -0.2) is 18.7 Å². The van der Waals surface area contributed by atoms with Crippen LogP contribution < -0.4 is 10.2 Å². The number of nitrogens with zero attached hydrogens (tertiary/aromatic N) is 1. The fraction of sp³-hybridized carbons (Fsp3) is 0.333. The Labute approximate surface area is 148 Å². The van der Waals surface area contributed by atoms with Crippen LogP contribution in [0.15, 0.2) is 40.7 Å². The number of rotatable bonds is 5. The molecular weight excluding hydrogens is 366 g/mol. The average Bonchev–Trinajstić information content (AvgIpc) is 3.25. The molecule has 0 bridgehead atoms. The van der Waals surface area contributed by atoms with E-state index in [0.29, 0.717) is 31.4 Å². The lowest BCUT2D eigenvalue weighted by Crippen LogP contribution is -2.50. The van der Waals surface area contributed by atoms with Crippen molar-refractivity contribution in [3.8, 4) is 10.6 Å². The number of carbonyl (C=O) groups is 1. The molecule has 134 valence electrons. The van der Waals surface area contributed by atoms with E-state index >= 15 is 0 Å². The number of hydrogen-bond acceptors (Lipinski definition) is 7. The van der Waals surface area contributed by atoms with Gasteiger partial charge in [-0.2, -0.15) is 4.72 Å². The Bertz CT molecular complexity index is 845. The molecule has 0 aliphatic heterocycles. The summed E-state index contributed by atoms with van der Waals surface area (Å²) in [5, 5.41) is 8.65. The summed E-state index contributed by atoms with van der Waals surface area (Å²) in [6, 6.07) is 8.58. The van der Waals surface area contributed by atoms with E-state index in [2.05, 4.69) is 9.71 Å². The molecule has 1 aliphatic carbocycles. The lowest BCUT2D eigenvalue weighted by atomic mass is 10.2.